The predicted molar refractivity (Wildman–Crippen MR) is 135 cm³/mol. The first-order valence-corrected chi connectivity index (χ1v) is 11.7. The highest BCUT2D eigenvalue weighted by Gasteiger charge is 2.38. The molecule has 2 N–H and O–H groups in total. The van der Waals surface area contributed by atoms with Crippen LogP contribution in [0.2, 0.25) is 0 Å². The first kappa shape index (κ1) is 24.0. The largest absolute Gasteiger partial charge is 0.484 e. The molecule has 0 spiro atoms. The predicted octanol–water partition coefficient (Wildman–Crippen LogP) is 4.47. The van der Waals surface area contributed by atoms with Gasteiger partial charge in [0.15, 0.2) is 6.61 Å². The molecule has 0 aromatic heterocycles. The van der Waals surface area contributed by atoms with Gasteiger partial charge < -0.3 is 20.3 Å². The highest BCUT2D eigenvalue weighted by Crippen LogP contribution is 2.43. The van der Waals surface area contributed by atoms with E-state index in [1.54, 1.807) is 29.2 Å². The number of nitrogens with two attached hydrogens (primary N) is 1. The second-order valence-electron chi connectivity index (χ2n) is 8.57. The van der Waals surface area contributed by atoms with Crippen LogP contribution in [0, 0.1) is 0 Å². The number of ether oxygens (including phenoxy) is 1. The first-order chi connectivity index (χ1) is 16.9. The van der Waals surface area contributed by atoms with Crippen molar-refractivity contribution in [3.8, 4) is 5.75 Å². The zero-order valence-corrected chi connectivity index (χ0v) is 19.9. The molecule has 7 nitrogen and oxygen atoms in total. The minimum atomic E-state index is -0.565. The van der Waals surface area contributed by atoms with Crippen LogP contribution >= 0.6 is 0 Å². The molecule has 1 unspecified atom stereocenters. The molecule has 35 heavy (non-hydrogen) atoms. The molecule has 1 aliphatic rings. The summed E-state index contributed by atoms with van der Waals surface area (Å²) >= 11 is 0. The number of benzene rings is 3. The van der Waals surface area contributed by atoms with Crippen LogP contribution in [0.1, 0.15) is 48.7 Å². The summed E-state index contributed by atoms with van der Waals surface area (Å²) in [6, 6.07) is 23.8. The van der Waals surface area contributed by atoms with Crippen LogP contribution in [0.3, 0.4) is 0 Å². The fraction of sp³-hybridized carbons (Fsp3) is 0.250. The van der Waals surface area contributed by atoms with Gasteiger partial charge in [0.2, 0.25) is 5.91 Å². The number of hydrogen-bond donors (Lipinski definition) is 1. The third-order valence-electron chi connectivity index (χ3n) is 6.18. The van der Waals surface area contributed by atoms with Gasteiger partial charge in [-0.2, -0.15) is 0 Å². The number of carbonyl (C=O) groups is 3. The molecular weight excluding hydrogens is 442 g/mol. The van der Waals surface area contributed by atoms with Crippen molar-refractivity contribution in [1.29, 1.82) is 0 Å². The Morgan fingerprint density at radius 2 is 1.63 bits per heavy atom. The van der Waals surface area contributed by atoms with Gasteiger partial charge in [0, 0.05) is 29.4 Å². The van der Waals surface area contributed by atoms with Crippen LogP contribution in [0.4, 0.5) is 11.4 Å². The maximum atomic E-state index is 13.6. The minimum Gasteiger partial charge on any atom is -0.484 e. The van der Waals surface area contributed by atoms with Gasteiger partial charge in [-0.05, 0) is 61.4 Å². The molecule has 4 rings (SSSR count). The molecule has 3 aromatic carbocycles. The molecule has 3 aromatic rings. The van der Waals surface area contributed by atoms with E-state index in [2.05, 4.69) is 0 Å². The lowest BCUT2D eigenvalue weighted by Crippen LogP contribution is -2.47. The molecule has 0 aliphatic carbocycles. The zero-order chi connectivity index (χ0) is 24.9. The number of rotatable bonds is 7. The van der Waals surface area contributed by atoms with E-state index in [-0.39, 0.29) is 30.5 Å². The van der Waals surface area contributed by atoms with Gasteiger partial charge in [-0.25, -0.2) is 0 Å². The summed E-state index contributed by atoms with van der Waals surface area (Å²) in [6.07, 6.45) is 0.984. The number of fused-ring (bicyclic) bond motifs is 1. The molecule has 0 saturated carbocycles. The van der Waals surface area contributed by atoms with Crippen LogP contribution in [0.5, 0.6) is 5.75 Å². The van der Waals surface area contributed by atoms with Gasteiger partial charge in [0.1, 0.15) is 5.75 Å². The Kier molecular flexibility index (Phi) is 7.15. The van der Waals surface area contributed by atoms with E-state index in [1.807, 2.05) is 73.3 Å². The van der Waals surface area contributed by atoms with Crippen molar-refractivity contribution in [1.82, 2.24) is 0 Å². The van der Waals surface area contributed by atoms with Crippen molar-refractivity contribution in [2.75, 3.05) is 16.4 Å². The summed E-state index contributed by atoms with van der Waals surface area (Å²) in [5, 5.41) is 0. The SMILES string of the molecule is CCC(=O)N(c1ccccc1)[C@H]1CC(C)N(C(=O)c2ccc(OCC(N)=O)cc2)c2ccccc21. The van der Waals surface area contributed by atoms with Crippen molar-refractivity contribution in [2.24, 2.45) is 5.73 Å². The van der Waals surface area contributed by atoms with Crippen LogP contribution < -0.4 is 20.3 Å². The maximum Gasteiger partial charge on any atom is 0.258 e. The van der Waals surface area contributed by atoms with E-state index in [1.165, 1.54) is 0 Å². The quantitative estimate of drug-likeness (QED) is 0.550. The molecule has 7 heteroatoms. The van der Waals surface area contributed by atoms with E-state index >= 15 is 0 Å². The highest BCUT2D eigenvalue weighted by atomic mass is 16.5. The van der Waals surface area contributed by atoms with E-state index < -0.39 is 5.91 Å². The summed E-state index contributed by atoms with van der Waals surface area (Å²) in [5.41, 5.74) is 8.20. The van der Waals surface area contributed by atoms with Gasteiger partial charge in [-0.3, -0.25) is 14.4 Å². The van der Waals surface area contributed by atoms with Gasteiger partial charge in [-0.1, -0.05) is 43.3 Å². The van der Waals surface area contributed by atoms with E-state index in [0.717, 1.165) is 16.9 Å². The van der Waals surface area contributed by atoms with Crippen LogP contribution in [-0.4, -0.2) is 30.4 Å². The lowest BCUT2D eigenvalue weighted by molar-refractivity contribution is -0.120. The average Bonchev–Trinajstić information content (AvgIpc) is 2.88. The second kappa shape index (κ2) is 10.4. The van der Waals surface area contributed by atoms with Gasteiger partial charge in [0.25, 0.3) is 11.8 Å². The summed E-state index contributed by atoms with van der Waals surface area (Å²) in [6.45, 7) is 3.65. The van der Waals surface area contributed by atoms with Gasteiger partial charge in [0.05, 0.1) is 6.04 Å². The van der Waals surface area contributed by atoms with Crippen LogP contribution in [-0.2, 0) is 9.59 Å². The normalized spacial score (nSPS) is 16.8. The Morgan fingerprint density at radius 3 is 2.29 bits per heavy atom. The third-order valence-corrected chi connectivity index (χ3v) is 6.18. The Balaban J connectivity index is 1.68. The van der Waals surface area contributed by atoms with Crippen LogP contribution in [0.25, 0.3) is 0 Å². The number of hydrogen-bond acceptors (Lipinski definition) is 4. The Hall–Kier alpha value is -4.13. The lowest BCUT2D eigenvalue weighted by Gasteiger charge is -2.43. The van der Waals surface area contributed by atoms with Crippen molar-refractivity contribution < 1.29 is 19.1 Å². The number of nitrogens with zero attached hydrogens (tertiary/aromatic N) is 2. The molecule has 0 fully saturated rings. The standard InChI is InChI=1S/C28H29N3O4/c1-3-27(33)31(21-9-5-4-6-10-21)25-17-19(2)30(24-12-8-7-11-23(24)25)28(34)20-13-15-22(16-14-20)35-18-26(29)32/h4-16,19,25H,3,17-18H2,1-2H3,(H2,29,32)/t19?,25-/m0/s1. The number of primary amides is 1. The fourth-order valence-electron chi connectivity index (χ4n) is 4.58. The molecule has 1 heterocycles. The van der Waals surface area contributed by atoms with Crippen molar-refractivity contribution in [3.05, 3.63) is 90.0 Å². The van der Waals surface area contributed by atoms with E-state index in [4.69, 9.17) is 10.5 Å². The number of carbonyl (C=O) groups excluding carboxylic acids is 3. The number of anilines is 2. The summed E-state index contributed by atoms with van der Waals surface area (Å²) < 4.78 is 5.30. The number of para-hydroxylation sites is 2. The summed E-state index contributed by atoms with van der Waals surface area (Å²) in [5.74, 6) is -0.207. The molecular formula is C28H29N3O4. The zero-order valence-electron chi connectivity index (χ0n) is 19.9. The Labute approximate surface area is 205 Å². The van der Waals surface area contributed by atoms with Crippen molar-refractivity contribution in [2.45, 2.75) is 38.8 Å². The molecule has 3 amide bonds. The average molecular weight is 472 g/mol. The van der Waals surface area contributed by atoms with Crippen molar-refractivity contribution >= 4 is 29.1 Å². The first-order valence-electron chi connectivity index (χ1n) is 11.7. The summed E-state index contributed by atoms with van der Waals surface area (Å²) in [4.78, 5) is 41.3. The topological polar surface area (TPSA) is 92.9 Å². The minimum absolute atomic E-state index is 0.0366. The highest BCUT2D eigenvalue weighted by molar-refractivity contribution is 6.07. The van der Waals surface area contributed by atoms with Crippen LogP contribution in [0.15, 0.2) is 78.9 Å². The monoisotopic (exact) mass is 471 g/mol. The smallest absolute Gasteiger partial charge is 0.258 e. The van der Waals surface area contributed by atoms with Crippen molar-refractivity contribution in [3.63, 3.8) is 0 Å². The summed E-state index contributed by atoms with van der Waals surface area (Å²) in [7, 11) is 0. The van der Waals surface area contributed by atoms with E-state index in [0.29, 0.717) is 24.2 Å². The molecule has 180 valence electrons. The second-order valence-corrected chi connectivity index (χ2v) is 8.57. The fourth-order valence-corrected chi connectivity index (χ4v) is 4.58. The van der Waals surface area contributed by atoms with Gasteiger partial charge in [-0.15, -0.1) is 0 Å². The number of amides is 3. The Morgan fingerprint density at radius 1 is 0.971 bits per heavy atom. The third kappa shape index (κ3) is 5.04. The Bertz CT molecular complexity index is 1210. The molecule has 1 aliphatic heterocycles. The molecule has 0 radical (unpaired) electrons. The van der Waals surface area contributed by atoms with E-state index in [9.17, 15) is 14.4 Å². The molecule has 0 saturated heterocycles. The molecule has 0 bridgehead atoms. The maximum absolute atomic E-state index is 13.6. The van der Waals surface area contributed by atoms with Gasteiger partial charge >= 0.3 is 0 Å². The molecule has 2 atom stereocenters. The lowest BCUT2D eigenvalue weighted by atomic mass is 9.89.